The van der Waals surface area contributed by atoms with Gasteiger partial charge in [0.1, 0.15) is 0 Å². The van der Waals surface area contributed by atoms with Crippen LogP contribution in [0.1, 0.15) is 25.7 Å². The highest BCUT2D eigenvalue weighted by molar-refractivity contribution is 8.77. The van der Waals surface area contributed by atoms with Gasteiger partial charge in [0.05, 0.1) is 12.8 Å². The fraction of sp³-hybridized carbons (Fsp3) is 0.667. The van der Waals surface area contributed by atoms with Crippen molar-refractivity contribution < 1.29 is 29.4 Å². The van der Waals surface area contributed by atoms with Gasteiger partial charge in [0, 0.05) is 35.9 Å². The number of carboxylic acid groups (broad SMARTS) is 2. The SMILES string of the molecule is O=C(Cl)CCSSCCC(=O)Cl.O=C(O)CCSSCCC(=O)O. The molecular formula is C12H18Cl2O6S4. The van der Waals surface area contributed by atoms with Crippen molar-refractivity contribution in [2.24, 2.45) is 0 Å². The van der Waals surface area contributed by atoms with Gasteiger partial charge < -0.3 is 10.2 Å². The van der Waals surface area contributed by atoms with Crippen molar-refractivity contribution in [3.63, 3.8) is 0 Å². The van der Waals surface area contributed by atoms with Crippen LogP contribution in [0.4, 0.5) is 0 Å². The van der Waals surface area contributed by atoms with E-state index in [1.54, 1.807) is 0 Å². The summed E-state index contributed by atoms with van der Waals surface area (Å²) in [6.45, 7) is 0. The van der Waals surface area contributed by atoms with Crippen LogP contribution in [-0.4, -0.2) is 55.6 Å². The van der Waals surface area contributed by atoms with Crippen LogP contribution in [0.25, 0.3) is 0 Å². The van der Waals surface area contributed by atoms with E-state index in [4.69, 9.17) is 33.4 Å². The molecule has 0 spiro atoms. The Hall–Kier alpha value is 0.260. The Morgan fingerprint density at radius 3 is 1.04 bits per heavy atom. The van der Waals surface area contributed by atoms with Crippen molar-refractivity contribution in [3.05, 3.63) is 0 Å². The third-order valence-electron chi connectivity index (χ3n) is 1.73. The van der Waals surface area contributed by atoms with Crippen molar-refractivity contribution in [1.29, 1.82) is 0 Å². The van der Waals surface area contributed by atoms with E-state index in [0.29, 0.717) is 35.9 Å². The van der Waals surface area contributed by atoms with Crippen molar-refractivity contribution in [2.45, 2.75) is 25.7 Å². The third-order valence-corrected chi connectivity index (χ3v) is 6.92. The molecule has 0 fully saturated rings. The number of carboxylic acids is 2. The highest BCUT2D eigenvalue weighted by atomic mass is 35.5. The van der Waals surface area contributed by atoms with Gasteiger partial charge in [-0.15, -0.1) is 0 Å². The lowest BCUT2D eigenvalue weighted by atomic mass is 10.5. The first-order valence-corrected chi connectivity index (χ1v) is 12.3. The van der Waals surface area contributed by atoms with E-state index in [2.05, 4.69) is 0 Å². The van der Waals surface area contributed by atoms with Crippen LogP contribution in [0.3, 0.4) is 0 Å². The molecule has 0 saturated carbocycles. The van der Waals surface area contributed by atoms with Gasteiger partial charge in [0.15, 0.2) is 0 Å². The van der Waals surface area contributed by atoms with Gasteiger partial charge in [-0.25, -0.2) is 0 Å². The molecule has 0 saturated heterocycles. The predicted octanol–water partition coefficient (Wildman–Crippen LogP) is 4.00. The third kappa shape index (κ3) is 30.2. The first-order valence-electron chi connectivity index (χ1n) is 6.54. The summed E-state index contributed by atoms with van der Waals surface area (Å²) in [5.41, 5.74) is 0. The summed E-state index contributed by atoms with van der Waals surface area (Å²) < 4.78 is 0. The summed E-state index contributed by atoms with van der Waals surface area (Å²) in [6.07, 6.45) is 0.998. The number of rotatable bonds is 14. The first-order chi connectivity index (χ1) is 11.3. The lowest BCUT2D eigenvalue weighted by molar-refractivity contribution is -0.137. The van der Waals surface area contributed by atoms with Crippen LogP contribution in [0.15, 0.2) is 0 Å². The molecule has 0 unspecified atom stereocenters. The Balaban J connectivity index is 0. The Morgan fingerprint density at radius 2 is 0.833 bits per heavy atom. The van der Waals surface area contributed by atoms with Gasteiger partial charge >= 0.3 is 11.9 Å². The Kier molecular flexibility index (Phi) is 21.6. The molecule has 0 heterocycles. The van der Waals surface area contributed by atoms with Crippen LogP contribution in [0.5, 0.6) is 0 Å². The van der Waals surface area contributed by atoms with Gasteiger partial charge in [-0.05, 0) is 23.2 Å². The lowest BCUT2D eigenvalue weighted by Gasteiger charge is -1.95. The Labute approximate surface area is 166 Å². The molecule has 2 N–H and O–H groups in total. The smallest absolute Gasteiger partial charge is 0.304 e. The number of hydrogen-bond donors (Lipinski definition) is 2. The Bertz CT molecular complexity index is 326. The predicted molar refractivity (Wildman–Crippen MR) is 105 cm³/mol. The van der Waals surface area contributed by atoms with Gasteiger partial charge in [-0.1, -0.05) is 43.2 Å². The van der Waals surface area contributed by atoms with E-state index < -0.39 is 11.9 Å². The zero-order valence-corrected chi connectivity index (χ0v) is 17.4. The maximum atomic E-state index is 10.3. The topological polar surface area (TPSA) is 109 Å². The van der Waals surface area contributed by atoms with E-state index in [1.165, 1.54) is 43.2 Å². The summed E-state index contributed by atoms with van der Waals surface area (Å²) in [7, 11) is 5.84. The van der Waals surface area contributed by atoms with Crippen LogP contribution in [0.2, 0.25) is 0 Å². The Morgan fingerprint density at radius 1 is 0.583 bits per heavy atom. The van der Waals surface area contributed by atoms with Crippen LogP contribution in [0, 0.1) is 0 Å². The van der Waals surface area contributed by atoms with Gasteiger partial charge in [-0.3, -0.25) is 19.2 Å². The highest BCUT2D eigenvalue weighted by Gasteiger charge is 2.00. The molecule has 0 aromatic heterocycles. The molecule has 0 aliphatic rings. The maximum Gasteiger partial charge on any atom is 0.304 e. The number of halogens is 2. The molecule has 6 nitrogen and oxygen atoms in total. The monoisotopic (exact) mass is 456 g/mol. The van der Waals surface area contributed by atoms with E-state index in [0.717, 1.165) is 0 Å². The van der Waals surface area contributed by atoms with Gasteiger partial charge in [0.2, 0.25) is 10.5 Å². The van der Waals surface area contributed by atoms with Crippen molar-refractivity contribution in [2.75, 3.05) is 23.0 Å². The quantitative estimate of drug-likeness (QED) is 0.226. The molecule has 0 bridgehead atoms. The fourth-order valence-corrected chi connectivity index (χ4v) is 5.09. The zero-order valence-electron chi connectivity index (χ0n) is 12.6. The van der Waals surface area contributed by atoms with Crippen molar-refractivity contribution in [1.82, 2.24) is 0 Å². The molecule has 0 rings (SSSR count). The molecule has 0 aliphatic carbocycles. The number of carbonyl (C=O) groups excluding carboxylic acids is 2. The van der Waals surface area contributed by atoms with Crippen LogP contribution >= 0.6 is 66.4 Å². The standard InChI is InChI=1S/C6H8Cl2O2S2.C6H10O4S2/c7-5(9)1-3-11-12-4-2-6(8)10;7-5(8)1-3-11-12-4-2-6(9)10/h1-4H2;1-4H2,(H,7,8)(H,9,10). The molecule has 0 amide bonds. The molecule has 0 atom stereocenters. The minimum atomic E-state index is -0.818. The molecule has 0 aromatic rings. The fourth-order valence-electron chi connectivity index (χ4n) is 0.737. The zero-order chi connectivity index (χ0) is 18.8. The number of carbonyl (C=O) groups is 4. The van der Waals surface area contributed by atoms with E-state index >= 15 is 0 Å². The second-order valence-corrected chi connectivity index (χ2v) is 10.0. The summed E-state index contributed by atoms with van der Waals surface area (Å²) in [4.78, 5) is 40.6. The molecule has 140 valence electrons. The van der Waals surface area contributed by atoms with Gasteiger partial charge in [0.25, 0.3) is 0 Å². The average Bonchev–Trinajstić information content (AvgIpc) is 2.46. The molecule has 0 aliphatic heterocycles. The van der Waals surface area contributed by atoms with Crippen molar-refractivity contribution >= 4 is 88.8 Å². The molecule has 12 heteroatoms. The second kappa shape index (κ2) is 19.6. The van der Waals surface area contributed by atoms with E-state index in [-0.39, 0.29) is 23.3 Å². The van der Waals surface area contributed by atoms with E-state index in [9.17, 15) is 19.2 Å². The lowest BCUT2D eigenvalue weighted by Crippen LogP contribution is -1.96. The maximum absolute atomic E-state index is 10.3. The normalized spacial score (nSPS) is 9.75. The molecular weight excluding hydrogens is 439 g/mol. The minimum Gasteiger partial charge on any atom is -0.481 e. The molecule has 24 heavy (non-hydrogen) atoms. The molecule has 0 radical (unpaired) electrons. The van der Waals surface area contributed by atoms with E-state index in [1.807, 2.05) is 0 Å². The summed E-state index contributed by atoms with van der Waals surface area (Å²) in [5.74, 6) is 0.786. The summed E-state index contributed by atoms with van der Waals surface area (Å²) >= 11 is 10.2. The molecule has 0 aromatic carbocycles. The largest absolute Gasteiger partial charge is 0.481 e. The summed E-state index contributed by atoms with van der Waals surface area (Å²) in [6, 6.07) is 0. The van der Waals surface area contributed by atoms with Gasteiger partial charge in [-0.2, -0.15) is 0 Å². The minimum absolute atomic E-state index is 0.130. The first kappa shape index (κ1) is 26.5. The van der Waals surface area contributed by atoms with Crippen molar-refractivity contribution in [3.8, 4) is 0 Å². The van der Waals surface area contributed by atoms with Crippen LogP contribution in [-0.2, 0) is 19.2 Å². The second-order valence-electron chi connectivity index (χ2n) is 3.79. The number of aliphatic carboxylic acids is 2. The highest BCUT2D eigenvalue weighted by Crippen LogP contribution is 2.23. The average molecular weight is 457 g/mol. The number of hydrogen-bond acceptors (Lipinski definition) is 8. The summed E-state index contributed by atoms with van der Waals surface area (Å²) in [5, 5.41) is 15.8. The van der Waals surface area contributed by atoms with Crippen LogP contribution < -0.4 is 0 Å².